The van der Waals surface area contributed by atoms with Crippen LogP contribution in [0.3, 0.4) is 0 Å². The van der Waals surface area contributed by atoms with Crippen LogP contribution in [0.5, 0.6) is 11.5 Å². The van der Waals surface area contributed by atoms with Gasteiger partial charge in [0.05, 0.1) is 14.2 Å². The van der Waals surface area contributed by atoms with E-state index in [1.165, 1.54) is 14.2 Å². The van der Waals surface area contributed by atoms with Crippen LogP contribution in [-0.4, -0.2) is 26.0 Å². The Morgan fingerprint density at radius 3 is 2.07 bits per heavy atom. The molecule has 0 bridgehead atoms. The topological polar surface area (TPSA) is 76.7 Å². The minimum atomic E-state index is -0.305. The first-order valence-electron chi connectivity index (χ1n) is 9.12. The third-order valence-electron chi connectivity index (χ3n) is 4.50. The molecule has 0 unspecified atom stereocenters. The van der Waals surface area contributed by atoms with Crippen LogP contribution in [-0.2, 0) is 0 Å². The minimum absolute atomic E-state index is 0.271. The van der Waals surface area contributed by atoms with Crippen LogP contribution in [0.1, 0.15) is 26.3 Å². The second-order valence-corrected chi connectivity index (χ2v) is 6.95. The van der Waals surface area contributed by atoms with Crippen LogP contribution < -0.4 is 20.1 Å². The van der Waals surface area contributed by atoms with Crippen molar-refractivity contribution in [1.29, 1.82) is 0 Å². The molecule has 3 aromatic carbocycles. The average Bonchev–Trinajstić information content (AvgIpc) is 2.75. The van der Waals surface area contributed by atoms with Gasteiger partial charge in [0.15, 0.2) is 11.5 Å². The van der Waals surface area contributed by atoms with E-state index in [1.807, 2.05) is 13.0 Å². The molecule has 0 aliphatic heterocycles. The summed E-state index contributed by atoms with van der Waals surface area (Å²) in [6.07, 6.45) is 0. The molecule has 0 spiro atoms. The minimum Gasteiger partial charge on any atom is -0.493 e. The lowest BCUT2D eigenvalue weighted by Crippen LogP contribution is -2.15. The Labute approximate surface area is 179 Å². The predicted molar refractivity (Wildman–Crippen MR) is 118 cm³/mol. The molecule has 2 amide bonds. The van der Waals surface area contributed by atoms with Crippen LogP contribution in [0.25, 0.3) is 0 Å². The molecule has 0 aromatic heterocycles. The Kier molecular flexibility index (Phi) is 6.59. The highest BCUT2D eigenvalue weighted by molar-refractivity contribution is 6.30. The van der Waals surface area contributed by atoms with E-state index in [0.29, 0.717) is 39.0 Å². The summed E-state index contributed by atoms with van der Waals surface area (Å²) in [5, 5.41) is 6.25. The Hall–Kier alpha value is -3.51. The van der Waals surface area contributed by atoms with Gasteiger partial charge in [0.1, 0.15) is 0 Å². The third kappa shape index (κ3) is 4.90. The van der Waals surface area contributed by atoms with Crippen LogP contribution >= 0.6 is 11.6 Å². The van der Waals surface area contributed by atoms with E-state index in [4.69, 9.17) is 21.1 Å². The highest BCUT2D eigenvalue weighted by atomic mass is 35.5. The first-order chi connectivity index (χ1) is 14.4. The number of hydrogen-bond donors (Lipinski definition) is 2. The summed E-state index contributed by atoms with van der Waals surface area (Å²) < 4.78 is 10.5. The van der Waals surface area contributed by atoms with Crippen molar-refractivity contribution in [2.24, 2.45) is 0 Å². The molecule has 6 nitrogen and oxygen atoms in total. The maximum atomic E-state index is 12.7. The van der Waals surface area contributed by atoms with E-state index in [2.05, 4.69) is 10.6 Å². The molecular formula is C23H21ClN2O4. The number of aryl methyl sites for hydroxylation is 1. The molecule has 7 heteroatoms. The number of ether oxygens (including phenoxy) is 2. The molecule has 3 aromatic rings. The zero-order chi connectivity index (χ0) is 21.7. The molecule has 0 aliphatic rings. The van der Waals surface area contributed by atoms with E-state index in [1.54, 1.807) is 54.6 Å². The van der Waals surface area contributed by atoms with Gasteiger partial charge in [-0.25, -0.2) is 0 Å². The lowest BCUT2D eigenvalue weighted by Gasteiger charge is -2.13. The van der Waals surface area contributed by atoms with Crippen LogP contribution in [0, 0.1) is 6.92 Å². The SMILES string of the molecule is COc1ccc(C(=O)Nc2cc(NC(=O)c3ccc(Cl)cc3)ccc2C)cc1OC. The van der Waals surface area contributed by atoms with Crippen LogP contribution in [0.15, 0.2) is 60.7 Å². The fourth-order valence-electron chi connectivity index (χ4n) is 2.81. The molecule has 30 heavy (non-hydrogen) atoms. The van der Waals surface area contributed by atoms with Crippen LogP contribution in [0.4, 0.5) is 11.4 Å². The number of benzene rings is 3. The average molecular weight is 425 g/mol. The Morgan fingerprint density at radius 1 is 0.767 bits per heavy atom. The Balaban J connectivity index is 1.77. The van der Waals surface area contributed by atoms with Gasteiger partial charge < -0.3 is 20.1 Å². The van der Waals surface area contributed by atoms with Gasteiger partial charge in [-0.15, -0.1) is 0 Å². The van der Waals surface area contributed by atoms with Crippen molar-refractivity contribution >= 4 is 34.8 Å². The van der Waals surface area contributed by atoms with E-state index in [9.17, 15) is 9.59 Å². The summed E-state index contributed by atoms with van der Waals surface area (Å²) in [5.74, 6) is 0.427. The fraction of sp³-hybridized carbons (Fsp3) is 0.130. The molecular weight excluding hydrogens is 404 g/mol. The quantitative estimate of drug-likeness (QED) is 0.572. The molecule has 0 atom stereocenters. The highest BCUT2D eigenvalue weighted by Gasteiger charge is 2.13. The summed E-state index contributed by atoms with van der Waals surface area (Å²) in [7, 11) is 3.04. The zero-order valence-electron chi connectivity index (χ0n) is 16.8. The number of rotatable bonds is 6. The van der Waals surface area contributed by atoms with Gasteiger partial charge in [0.25, 0.3) is 11.8 Å². The van der Waals surface area contributed by atoms with Crippen molar-refractivity contribution in [1.82, 2.24) is 0 Å². The lowest BCUT2D eigenvalue weighted by atomic mass is 10.1. The van der Waals surface area contributed by atoms with E-state index in [-0.39, 0.29) is 11.8 Å². The van der Waals surface area contributed by atoms with Gasteiger partial charge in [-0.1, -0.05) is 17.7 Å². The summed E-state index contributed by atoms with van der Waals surface area (Å²) in [6, 6.07) is 16.8. The van der Waals surface area contributed by atoms with Gasteiger partial charge in [0, 0.05) is 27.5 Å². The number of anilines is 2. The van der Waals surface area contributed by atoms with E-state index >= 15 is 0 Å². The summed E-state index contributed by atoms with van der Waals surface area (Å²) in [5.41, 5.74) is 2.90. The molecule has 0 fully saturated rings. The van der Waals surface area contributed by atoms with Gasteiger partial charge in [-0.3, -0.25) is 9.59 Å². The fourth-order valence-corrected chi connectivity index (χ4v) is 2.94. The number of amides is 2. The number of hydrogen-bond acceptors (Lipinski definition) is 4. The van der Waals surface area contributed by atoms with Crippen molar-refractivity contribution in [3.63, 3.8) is 0 Å². The maximum absolute atomic E-state index is 12.7. The Morgan fingerprint density at radius 2 is 1.40 bits per heavy atom. The van der Waals surface area contributed by atoms with Crippen molar-refractivity contribution in [2.75, 3.05) is 24.9 Å². The number of carbonyl (C=O) groups is 2. The van der Waals surface area contributed by atoms with Crippen molar-refractivity contribution in [3.8, 4) is 11.5 Å². The summed E-state index contributed by atoms with van der Waals surface area (Å²) in [6.45, 7) is 1.87. The highest BCUT2D eigenvalue weighted by Crippen LogP contribution is 2.28. The molecule has 2 N–H and O–H groups in total. The molecule has 0 aliphatic carbocycles. The van der Waals surface area contributed by atoms with Gasteiger partial charge in [0.2, 0.25) is 0 Å². The lowest BCUT2D eigenvalue weighted by molar-refractivity contribution is 0.101. The van der Waals surface area contributed by atoms with Gasteiger partial charge in [-0.05, 0) is 67.1 Å². The third-order valence-corrected chi connectivity index (χ3v) is 4.75. The van der Waals surface area contributed by atoms with Crippen molar-refractivity contribution < 1.29 is 19.1 Å². The predicted octanol–water partition coefficient (Wildman–Crippen LogP) is 5.17. The van der Waals surface area contributed by atoms with E-state index < -0.39 is 0 Å². The van der Waals surface area contributed by atoms with Crippen molar-refractivity contribution in [2.45, 2.75) is 6.92 Å². The normalized spacial score (nSPS) is 10.3. The van der Waals surface area contributed by atoms with Gasteiger partial charge in [-0.2, -0.15) is 0 Å². The van der Waals surface area contributed by atoms with Crippen LogP contribution in [0.2, 0.25) is 5.02 Å². The first kappa shape index (κ1) is 21.2. The molecule has 0 radical (unpaired) electrons. The largest absolute Gasteiger partial charge is 0.493 e. The molecule has 0 saturated carbocycles. The summed E-state index contributed by atoms with van der Waals surface area (Å²) in [4.78, 5) is 25.1. The molecule has 3 rings (SSSR count). The number of methoxy groups -OCH3 is 2. The zero-order valence-corrected chi connectivity index (χ0v) is 17.5. The standard InChI is InChI=1S/C23H21ClN2O4/c1-14-4-10-18(25-22(27)15-5-8-17(24)9-6-15)13-19(14)26-23(28)16-7-11-20(29-2)21(12-16)30-3/h4-13H,1-3H3,(H,25,27)(H,26,28). The maximum Gasteiger partial charge on any atom is 0.255 e. The molecule has 0 heterocycles. The first-order valence-corrected chi connectivity index (χ1v) is 9.50. The van der Waals surface area contributed by atoms with E-state index in [0.717, 1.165) is 5.56 Å². The second-order valence-electron chi connectivity index (χ2n) is 6.51. The number of nitrogens with one attached hydrogen (secondary N) is 2. The smallest absolute Gasteiger partial charge is 0.255 e. The second kappa shape index (κ2) is 9.33. The monoisotopic (exact) mass is 424 g/mol. The van der Waals surface area contributed by atoms with Gasteiger partial charge >= 0.3 is 0 Å². The molecule has 0 saturated heterocycles. The number of halogens is 1. The number of carbonyl (C=O) groups excluding carboxylic acids is 2. The Bertz CT molecular complexity index is 1080. The molecule has 154 valence electrons. The van der Waals surface area contributed by atoms with Crippen molar-refractivity contribution in [3.05, 3.63) is 82.4 Å². The summed E-state index contributed by atoms with van der Waals surface area (Å²) >= 11 is 5.86.